The molecule has 3 N–H and O–H groups in total. The van der Waals surface area contributed by atoms with Crippen molar-refractivity contribution in [1.82, 2.24) is 19.7 Å². The van der Waals surface area contributed by atoms with Crippen molar-refractivity contribution in [2.24, 2.45) is 0 Å². The molecular weight excluding hydrogens is 403 g/mol. The number of nitrogen functional groups attached to an aromatic ring is 1. The van der Waals surface area contributed by atoms with Gasteiger partial charge in [-0.1, -0.05) is 60.7 Å². The fourth-order valence-electron chi connectivity index (χ4n) is 3.66. The zero-order valence-corrected chi connectivity index (χ0v) is 17.2. The van der Waals surface area contributed by atoms with Crippen LogP contribution >= 0.6 is 0 Å². The number of fused-ring (bicyclic) bond motifs is 1. The summed E-state index contributed by atoms with van der Waals surface area (Å²) in [5.41, 5.74) is 10.1. The second-order valence-electron chi connectivity index (χ2n) is 7.40. The Morgan fingerprint density at radius 1 is 0.875 bits per heavy atom. The van der Waals surface area contributed by atoms with Gasteiger partial charge in [-0.05, 0) is 36.2 Å². The highest BCUT2D eigenvalue weighted by Crippen LogP contribution is 2.33. The van der Waals surface area contributed by atoms with Crippen molar-refractivity contribution in [3.05, 3.63) is 96.3 Å². The average Bonchev–Trinajstić information content (AvgIpc) is 3.16. The molecule has 3 aromatic carbocycles. The number of nitrogens with one attached hydrogen (secondary N) is 1. The smallest absolute Gasteiger partial charge is 0.225 e. The van der Waals surface area contributed by atoms with E-state index >= 15 is 0 Å². The van der Waals surface area contributed by atoms with Crippen LogP contribution in [0.25, 0.3) is 28.0 Å². The third kappa shape index (κ3) is 3.88. The molecule has 0 unspecified atom stereocenters. The maximum atomic E-state index is 14.0. The van der Waals surface area contributed by atoms with Crippen LogP contribution < -0.4 is 11.1 Å². The Bertz CT molecular complexity index is 1370. The number of para-hydroxylation sites is 1. The summed E-state index contributed by atoms with van der Waals surface area (Å²) in [7, 11) is 0. The van der Waals surface area contributed by atoms with Gasteiger partial charge in [0.15, 0.2) is 5.65 Å². The first kappa shape index (κ1) is 19.7. The van der Waals surface area contributed by atoms with Crippen LogP contribution in [-0.2, 0) is 6.42 Å². The second kappa shape index (κ2) is 8.47. The first-order chi connectivity index (χ1) is 15.7. The van der Waals surface area contributed by atoms with Crippen LogP contribution in [0.2, 0.25) is 0 Å². The number of hydrogen-bond donors (Lipinski definition) is 2. The molecule has 158 valence electrons. The van der Waals surface area contributed by atoms with Crippen LogP contribution in [0.1, 0.15) is 5.56 Å². The number of rotatable bonds is 6. The number of benzene rings is 3. The number of aromatic nitrogens is 4. The minimum atomic E-state index is -0.345. The predicted octanol–water partition coefficient (Wildman–Crippen LogP) is 4.86. The maximum Gasteiger partial charge on any atom is 0.225 e. The quantitative estimate of drug-likeness (QED) is 0.407. The van der Waals surface area contributed by atoms with Crippen molar-refractivity contribution in [1.29, 1.82) is 0 Å². The van der Waals surface area contributed by atoms with Gasteiger partial charge in [0.25, 0.3) is 0 Å². The summed E-state index contributed by atoms with van der Waals surface area (Å²) in [6, 6.07) is 26.0. The number of halogens is 1. The van der Waals surface area contributed by atoms with E-state index in [2.05, 4.69) is 32.5 Å². The predicted molar refractivity (Wildman–Crippen MR) is 125 cm³/mol. The van der Waals surface area contributed by atoms with E-state index in [1.54, 1.807) is 16.8 Å². The van der Waals surface area contributed by atoms with E-state index in [1.807, 2.05) is 48.5 Å². The Kier molecular flexibility index (Phi) is 5.21. The lowest BCUT2D eigenvalue weighted by atomic mass is 10.1. The molecule has 0 fully saturated rings. The Morgan fingerprint density at radius 3 is 2.38 bits per heavy atom. The zero-order valence-electron chi connectivity index (χ0n) is 17.2. The fraction of sp³-hybridized carbons (Fsp3) is 0.0800. The van der Waals surface area contributed by atoms with E-state index in [4.69, 9.17) is 5.73 Å². The molecule has 0 bridgehead atoms. The lowest BCUT2D eigenvalue weighted by molar-refractivity contribution is 0.628. The largest absolute Gasteiger partial charge is 0.383 e. The Balaban J connectivity index is 1.58. The molecule has 32 heavy (non-hydrogen) atoms. The number of nitrogens with two attached hydrogens (primary N) is 1. The molecule has 0 spiro atoms. The Hall–Kier alpha value is -4.26. The van der Waals surface area contributed by atoms with Gasteiger partial charge in [0.1, 0.15) is 11.6 Å². The van der Waals surface area contributed by atoms with Gasteiger partial charge in [0.2, 0.25) is 5.95 Å². The highest BCUT2D eigenvalue weighted by atomic mass is 19.1. The SMILES string of the molecule is Nc1c2c(-c3cccc(F)c3)nc(NCCc3ccccc3)nc2nn1-c1ccccc1. The molecule has 0 saturated carbocycles. The molecule has 0 amide bonds. The molecular formula is C25H21FN6. The average molecular weight is 424 g/mol. The summed E-state index contributed by atoms with van der Waals surface area (Å²) in [4.78, 5) is 9.28. The minimum absolute atomic E-state index is 0.345. The lowest BCUT2D eigenvalue weighted by Gasteiger charge is -2.09. The van der Waals surface area contributed by atoms with Crippen molar-refractivity contribution >= 4 is 22.8 Å². The Labute approximate surface area is 184 Å². The van der Waals surface area contributed by atoms with Crippen LogP contribution in [-0.4, -0.2) is 26.3 Å². The van der Waals surface area contributed by atoms with Gasteiger partial charge in [-0.2, -0.15) is 4.98 Å². The van der Waals surface area contributed by atoms with Gasteiger partial charge in [0, 0.05) is 12.1 Å². The molecule has 2 aromatic heterocycles. The topological polar surface area (TPSA) is 81.7 Å². The molecule has 0 atom stereocenters. The van der Waals surface area contributed by atoms with E-state index in [1.165, 1.54) is 17.7 Å². The van der Waals surface area contributed by atoms with E-state index in [9.17, 15) is 4.39 Å². The molecule has 7 heteroatoms. The third-order valence-electron chi connectivity index (χ3n) is 5.21. The zero-order chi connectivity index (χ0) is 21.9. The van der Waals surface area contributed by atoms with Crippen molar-refractivity contribution in [3.8, 4) is 16.9 Å². The third-order valence-corrected chi connectivity index (χ3v) is 5.21. The first-order valence-corrected chi connectivity index (χ1v) is 10.3. The molecule has 5 aromatic rings. The van der Waals surface area contributed by atoms with Crippen LogP contribution in [0, 0.1) is 5.82 Å². The van der Waals surface area contributed by atoms with E-state index in [0.29, 0.717) is 40.6 Å². The summed E-state index contributed by atoms with van der Waals surface area (Å²) in [6.07, 6.45) is 0.818. The molecule has 6 nitrogen and oxygen atoms in total. The number of anilines is 2. The molecule has 0 saturated heterocycles. The first-order valence-electron chi connectivity index (χ1n) is 10.3. The summed E-state index contributed by atoms with van der Waals surface area (Å²) in [6.45, 7) is 0.646. The maximum absolute atomic E-state index is 14.0. The highest BCUT2D eigenvalue weighted by Gasteiger charge is 2.19. The summed E-state index contributed by atoms with van der Waals surface area (Å²) >= 11 is 0. The van der Waals surface area contributed by atoms with Crippen molar-refractivity contribution in [2.45, 2.75) is 6.42 Å². The van der Waals surface area contributed by atoms with E-state index in [-0.39, 0.29) is 5.82 Å². The van der Waals surface area contributed by atoms with Crippen molar-refractivity contribution in [2.75, 3.05) is 17.6 Å². The monoisotopic (exact) mass is 424 g/mol. The Morgan fingerprint density at radius 2 is 1.62 bits per heavy atom. The van der Waals surface area contributed by atoms with Gasteiger partial charge >= 0.3 is 0 Å². The summed E-state index contributed by atoms with van der Waals surface area (Å²) in [5, 5.41) is 8.49. The number of nitrogens with zero attached hydrogens (tertiary/aromatic N) is 4. The van der Waals surface area contributed by atoms with Crippen LogP contribution in [0.5, 0.6) is 0 Å². The molecule has 0 aliphatic heterocycles. The molecule has 0 aliphatic carbocycles. The van der Waals surface area contributed by atoms with E-state index < -0.39 is 0 Å². The van der Waals surface area contributed by atoms with Gasteiger partial charge in [-0.15, -0.1) is 5.10 Å². The highest BCUT2D eigenvalue weighted by molar-refractivity contribution is 5.99. The standard InChI is InChI=1S/C25H21FN6/c26-19-11-7-10-18(16-19)22-21-23(27)32(20-12-5-2-6-13-20)31-24(21)30-25(29-22)28-15-14-17-8-3-1-4-9-17/h1-13,16H,14-15,27H2,(H,28,30,31). The normalized spacial score (nSPS) is 11.0. The molecule has 2 heterocycles. The van der Waals surface area contributed by atoms with E-state index in [0.717, 1.165) is 12.1 Å². The second-order valence-corrected chi connectivity index (χ2v) is 7.40. The van der Waals surface area contributed by atoms with Gasteiger partial charge in [-0.25, -0.2) is 14.1 Å². The summed E-state index contributed by atoms with van der Waals surface area (Å²) in [5.74, 6) is 0.480. The number of hydrogen-bond acceptors (Lipinski definition) is 5. The molecule has 0 radical (unpaired) electrons. The lowest BCUT2D eigenvalue weighted by Crippen LogP contribution is -2.08. The van der Waals surface area contributed by atoms with Gasteiger partial charge in [0.05, 0.1) is 16.8 Å². The van der Waals surface area contributed by atoms with Crippen molar-refractivity contribution < 1.29 is 4.39 Å². The minimum Gasteiger partial charge on any atom is -0.383 e. The van der Waals surface area contributed by atoms with Crippen LogP contribution in [0.4, 0.5) is 16.2 Å². The van der Waals surface area contributed by atoms with Gasteiger partial charge < -0.3 is 11.1 Å². The van der Waals surface area contributed by atoms with Gasteiger partial charge in [-0.3, -0.25) is 0 Å². The molecule has 5 rings (SSSR count). The van der Waals surface area contributed by atoms with Crippen LogP contribution in [0.15, 0.2) is 84.9 Å². The summed E-state index contributed by atoms with van der Waals surface area (Å²) < 4.78 is 15.6. The fourth-order valence-corrected chi connectivity index (χ4v) is 3.66. The van der Waals surface area contributed by atoms with Crippen molar-refractivity contribution in [3.63, 3.8) is 0 Å². The molecule has 0 aliphatic rings. The van der Waals surface area contributed by atoms with Crippen LogP contribution in [0.3, 0.4) is 0 Å².